The molecule has 0 spiro atoms. The van der Waals surface area contributed by atoms with Gasteiger partial charge in [-0.05, 0) is 66.9 Å². The van der Waals surface area contributed by atoms with Crippen LogP contribution in [0.25, 0.3) is 11.1 Å². The monoisotopic (exact) mass is 375 g/mol. The van der Waals surface area contributed by atoms with Crippen LogP contribution in [0.15, 0.2) is 72.9 Å². The van der Waals surface area contributed by atoms with Crippen molar-refractivity contribution in [3.8, 4) is 11.1 Å². The van der Waals surface area contributed by atoms with Crippen LogP contribution in [0.3, 0.4) is 0 Å². The van der Waals surface area contributed by atoms with E-state index in [9.17, 15) is 9.18 Å². The first-order valence-electron chi connectivity index (χ1n) is 9.50. The lowest BCUT2D eigenvalue weighted by molar-refractivity contribution is -0.120. The Morgan fingerprint density at radius 1 is 1.07 bits per heavy atom. The van der Waals surface area contributed by atoms with Gasteiger partial charge in [-0.15, -0.1) is 0 Å². The van der Waals surface area contributed by atoms with Crippen molar-refractivity contribution in [2.24, 2.45) is 0 Å². The van der Waals surface area contributed by atoms with Gasteiger partial charge >= 0.3 is 0 Å². The van der Waals surface area contributed by atoms with Crippen molar-refractivity contribution in [3.05, 3.63) is 84.4 Å². The fourth-order valence-corrected chi connectivity index (χ4v) is 3.66. The smallest absolute Gasteiger partial charge is 0.241 e. The van der Waals surface area contributed by atoms with Gasteiger partial charge in [-0.1, -0.05) is 30.3 Å². The highest BCUT2D eigenvalue weighted by molar-refractivity contribution is 5.95. The Morgan fingerprint density at radius 2 is 1.93 bits per heavy atom. The Balaban J connectivity index is 1.45. The van der Waals surface area contributed by atoms with Crippen molar-refractivity contribution in [1.29, 1.82) is 0 Å². The minimum atomic E-state index is -0.262. The first-order chi connectivity index (χ1) is 13.7. The largest absolute Gasteiger partial charge is 0.325 e. The zero-order valence-electron chi connectivity index (χ0n) is 15.5. The molecule has 142 valence electrons. The molecule has 2 heterocycles. The Labute approximate surface area is 164 Å². The number of nitrogens with zero attached hydrogens (tertiary/aromatic N) is 2. The van der Waals surface area contributed by atoms with E-state index in [1.807, 2.05) is 42.5 Å². The topological polar surface area (TPSA) is 45.2 Å². The molecule has 28 heavy (non-hydrogen) atoms. The third-order valence-corrected chi connectivity index (χ3v) is 5.07. The molecule has 5 heteroatoms. The maximum atomic E-state index is 13.2. The SMILES string of the molecule is O=C(Nc1cccc(-c2ccc(F)cc2)c1)C1CCCN1Cc1ccccn1. The van der Waals surface area contributed by atoms with E-state index in [0.717, 1.165) is 41.9 Å². The van der Waals surface area contributed by atoms with E-state index in [4.69, 9.17) is 0 Å². The van der Waals surface area contributed by atoms with Crippen LogP contribution in [-0.4, -0.2) is 28.4 Å². The zero-order chi connectivity index (χ0) is 19.3. The van der Waals surface area contributed by atoms with E-state index >= 15 is 0 Å². The molecule has 1 atom stereocenters. The predicted molar refractivity (Wildman–Crippen MR) is 108 cm³/mol. The van der Waals surface area contributed by atoms with Crippen LogP contribution < -0.4 is 5.32 Å². The lowest BCUT2D eigenvalue weighted by Gasteiger charge is -2.23. The molecule has 1 amide bonds. The Kier molecular flexibility index (Phi) is 5.44. The number of carbonyl (C=O) groups is 1. The number of halogens is 1. The Morgan fingerprint density at radius 3 is 2.71 bits per heavy atom. The van der Waals surface area contributed by atoms with Crippen molar-refractivity contribution < 1.29 is 9.18 Å². The molecule has 1 unspecified atom stereocenters. The summed E-state index contributed by atoms with van der Waals surface area (Å²) in [6.45, 7) is 1.57. The van der Waals surface area contributed by atoms with Gasteiger partial charge in [0, 0.05) is 18.4 Å². The fraction of sp³-hybridized carbons (Fsp3) is 0.217. The van der Waals surface area contributed by atoms with Crippen LogP contribution in [0.4, 0.5) is 10.1 Å². The van der Waals surface area contributed by atoms with Crippen molar-refractivity contribution in [2.75, 3.05) is 11.9 Å². The second-order valence-electron chi connectivity index (χ2n) is 7.03. The Bertz CT molecular complexity index is 944. The van der Waals surface area contributed by atoms with Gasteiger partial charge in [0.15, 0.2) is 0 Å². The second kappa shape index (κ2) is 8.31. The van der Waals surface area contributed by atoms with Gasteiger partial charge in [0.25, 0.3) is 0 Å². The van der Waals surface area contributed by atoms with Crippen LogP contribution in [0.5, 0.6) is 0 Å². The summed E-state index contributed by atoms with van der Waals surface area (Å²) < 4.78 is 13.2. The Hall–Kier alpha value is -3.05. The van der Waals surface area contributed by atoms with Gasteiger partial charge < -0.3 is 5.32 Å². The summed E-state index contributed by atoms with van der Waals surface area (Å²) in [6.07, 6.45) is 3.62. The number of amides is 1. The van der Waals surface area contributed by atoms with Crippen LogP contribution in [0, 0.1) is 5.82 Å². The number of anilines is 1. The minimum Gasteiger partial charge on any atom is -0.325 e. The number of hydrogen-bond acceptors (Lipinski definition) is 3. The summed E-state index contributed by atoms with van der Waals surface area (Å²) in [5.74, 6) is -0.257. The predicted octanol–water partition coefficient (Wildman–Crippen LogP) is 4.49. The third-order valence-electron chi connectivity index (χ3n) is 5.07. The molecule has 1 fully saturated rings. The molecule has 1 aliphatic rings. The fourth-order valence-electron chi connectivity index (χ4n) is 3.66. The molecule has 0 radical (unpaired) electrons. The molecule has 0 aliphatic carbocycles. The van der Waals surface area contributed by atoms with E-state index in [0.29, 0.717) is 6.54 Å². The molecule has 0 saturated carbocycles. The number of carbonyl (C=O) groups excluding carboxylic acids is 1. The molecular weight excluding hydrogens is 353 g/mol. The number of hydrogen-bond donors (Lipinski definition) is 1. The molecule has 1 aromatic heterocycles. The minimum absolute atomic E-state index is 0.00434. The summed E-state index contributed by atoms with van der Waals surface area (Å²) >= 11 is 0. The summed E-state index contributed by atoms with van der Waals surface area (Å²) in [4.78, 5) is 19.4. The molecule has 4 nitrogen and oxygen atoms in total. The molecule has 0 bridgehead atoms. The van der Waals surface area contributed by atoms with Gasteiger partial charge in [0.2, 0.25) is 5.91 Å². The molecule has 2 aromatic carbocycles. The number of pyridine rings is 1. The summed E-state index contributed by atoms with van der Waals surface area (Å²) in [7, 11) is 0. The first kappa shape index (κ1) is 18.3. The quantitative estimate of drug-likeness (QED) is 0.715. The van der Waals surface area contributed by atoms with E-state index in [1.165, 1.54) is 12.1 Å². The van der Waals surface area contributed by atoms with Crippen LogP contribution in [-0.2, 0) is 11.3 Å². The average molecular weight is 375 g/mol. The van der Waals surface area contributed by atoms with Crippen LogP contribution in [0.2, 0.25) is 0 Å². The van der Waals surface area contributed by atoms with Gasteiger partial charge in [0.05, 0.1) is 11.7 Å². The lowest BCUT2D eigenvalue weighted by Crippen LogP contribution is -2.39. The number of nitrogens with one attached hydrogen (secondary N) is 1. The highest BCUT2D eigenvalue weighted by Crippen LogP contribution is 2.25. The molecule has 1 N–H and O–H groups in total. The molecule has 1 aliphatic heterocycles. The molecule has 3 aromatic rings. The van der Waals surface area contributed by atoms with Crippen LogP contribution in [0.1, 0.15) is 18.5 Å². The number of aromatic nitrogens is 1. The maximum Gasteiger partial charge on any atom is 0.241 e. The zero-order valence-corrected chi connectivity index (χ0v) is 15.5. The van der Waals surface area contributed by atoms with Crippen molar-refractivity contribution in [3.63, 3.8) is 0 Å². The maximum absolute atomic E-state index is 13.2. The van der Waals surface area contributed by atoms with Crippen molar-refractivity contribution in [2.45, 2.75) is 25.4 Å². The molecule has 1 saturated heterocycles. The van der Waals surface area contributed by atoms with E-state index in [2.05, 4.69) is 15.2 Å². The third kappa shape index (κ3) is 4.26. The summed E-state index contributed by atoms with van der Waals surface area (Å²) in [5.41, 5.74) is 3.57. The van der Waals surface area contributed by atoms with Gasteiger partial charge in [-0.3, -0.25) is 14.7 Å². The van der Waals surface area contributed by atoms with Gasteiger partial charge in [-0.25, -0.2) is 4.39 Å². The highest BCUT2D eigenvalue weighted by Gasteiger charge is 2.30. The van der Waals surface area contributed by atoms with Crippen LogP contribution >= 0.6 is 0 Å². The second-order valence-corrected chi connectivity index (χ2v) is 7.03. The first-order valence-corrected chi connectivity index (χ1v) is 9.50. The van der Waals surface area contributed by atoms with E-state index in [1.54, 1.807) is 18.3 Å². The normalized spacial score (nSPS) is 16.8. The van der Waals surface area contributed by atoms with Gasteiger partial charge in [-0.2, -0.15) is 0 Å². The number of benzene rings is 2. The molecular formula is C23H22FN3O. The van der Waals surface area contributed by atoms with Gasteiger partial charge in [0.1, 0.15) is 5.82 Å². The summed E-state index contributed by atoms with van der Waals surface area (Å²) in [5, 5.41) is 3.05. The number of rotatable bonds is 5. The lowest BCUT2D eigenvalue weighted by atomic mass is 10.0. The number of likely N-dealkylation sites (tertiary alicyclic amines) is 1. The standard InChI is InChI=1S/C23H22FN3O/c24-19-11-9-17(10-12-19)18-5-3-7-20(15-18)26-23(28)22-8-4-14-27(22)16-21-6-1-2-13-25-21/h1-3,5-7,9-13,15,22H,4,8,14,16H2,(H,26,28). The van der Waals surface area contributed by atoms with Crippen molar-refractivity contribution >= 4 is 11.6 Å². The van der Waals surface area contributed by atoms with Crippen molar-refractivity contribution in [1.82, 2.24) is 9.88 Å². The highest BCUT2D eigenvalue weighted by atomic mass is 19.1. The molecule has 4 rings (SSSR count). The average Bonchev–Trinajstić information content (AvgIpc) is 3.18. The van der Waals surface area contributed by atoms with E-state index < -0.39 is 0 Å². The van der Waals surface area contributed by atoms with E-state index in [-0.39, 0.29) is 17.8 Å². The summed E-state index contributed by atoms with van der Waals surface area (Å²) in [6, 6.07) is 19.7.